The summed E-state index contributed by atoms with van der Waals surface area (Å²) < 4.78 is 10.4. The van der Waals surface area contributed by atoms with E-state index in [0.29, 0.717) is 22.0 Å². The SMILES string of the molecule is COC(=O)Cc1cc(Cl)c(Oc2ccc(NC(=O)C(C)C)c(Cl)c2)c(Cl)c1. The molecule has 144 valence electrons. The van der Waals surface area contributed by atoms with E-state index >= 15 is 0 Å². The van der Waals surface area contributed by atoms with E-state index in [1.165, 1.54) is 7.11 Å². The van der Waals surface area contributed by atoms with E-state index in [1.54, 1.807) is 44.2 Å². The van der Waals surface area contributed by atoms with Crippen LogP contribution in [0.4, 0.5) is 5.69 Å². The standard InChI is InChI=1S/C19H18Cl3NO4/c1-10(2)19(25)23-16-5-4-12(9-13(16)20)27-18-14(21)6-11(7-15(18)22)8-17(24)26-3/h4-7,9-10H,8H2,1-3H3,(H,23,25). The van der Waals surface area contributed by atoms with Gasteiger partial charge in [0.1, 0.15) is 5.75 Å². The molecule has 2 aromatic carbocycles. The number of hydrogen-bond donors (Lipinski definition) is 1. The summed E-state index contributed by atoms with van der Waals surface area (Å²) in [5.74, 6) is -0.0772. The van der Waals surface area contributed by atoms with Crippen LogP contribution in [0.15, 0.2) is 30.3 Å². The first-order valence-electron chi connectivity index (χ1n) is 8.04. The van der Waals surface area contributed by atoms with Crippen LogP contribution < -0.4 is 10.1 Å². The second-order valence-corrected chi connectivity index (χ2v) is 7.25. The molecular weight excluding hydrogens is 413 g/mol. The summed E-state index contributed by atoms with van der Waals surface area (Å²) in [7, 11) is 1.31. The highest BCUT2D eigenvalue weighted by molar-refractivity contribution is 6.37. The number of anilines is 1. The maximum atomic E-state index is 11.8. The van der Waals surface area contributed by atoms with Gasteiger partial charge in [-0.05, 0) is 29.8 Å². The molecule has 27 heavy (non-hydrogen) atoms. The van der Waals surface area contributed by atoms with E-state index in [9.17, 15) is 9.59 Å². The molecule has 0 heterocycles. The highest BCUT2D eigenvalue weighted by Crippen LogP contribution is 2.39. The van der Waals surface area contributed by atoms with Crippen molar-refractivity contribution in [2.45, 2.75) is 20.3 Å². The number of methoxy groups -OCH3 is 1. The lowest BCUT2D eigenvalue weighted by Crippen LogP contribution is -2.17. The second kappa shape index (κ2) is 9.31. The molecule has 0 saturated carbocycles. The average molecular weight is 431 g/mol. The molecule has 0 spiro atoms. The lowest BCUT2D eigenvalue weighted by Gasteiger charge is -2.13. The number of carbonyl (C=O) groups excluding carboxylic acids is 2. The topological polar surface area (TPSA) is 64.6 Å². The molecule has 0 aliphatic heterocycles. The number of benzene rings is 2. The Hall–Kier alpha value is -1.95. The molecule has 0 fully saturated rings. The van der Waals surface area contributed by atoms with Gasteiger partial charge >= 0.3 is 5.97 Å². The zero-order chi connectivity index (χ0) is 20.1. The third kappa shape index (κ3) is 5.76. The fourth-order valence-corrected chi connectivity index (χ4v) is 2.93. The maximum absolute atomic E-state index is 11.8. The summed E-state index contributed by atoms with van der Waals surface area (Å²) in [6.45, 7) is 3.57. The van der Waals surface area contributed by atoms with Gasteiger partial charge in [0.25, 0.3) is 0 Å². The van der Waals surface area contributed by atoms with Crippen LogP contribution in [-0.2, 0) is 20.7 Å². The van der Waals surface area contributed by atoms with Crippen molar-refractivity contribution in [3.8, 4) is 11.5 Å². The van der Waals surface area contributed by atoms with Crippen molar-refractivity contribution in [1.82, 2.24) is 0 Å². The molecule has 0 saturated heterocycles. The molecule has 0 aliphatic rings. The Morgan fingerprint density at radius 2 is 1.67 bits per heavy atom. The fraction of sp³-hybridized carbons (Fsp3) is 0.263. The number of halogens is 3. The van der Waals surface area contributed by atoms with Crippen LogP contribution in [0.1, 0.15) is 19.4 Å². The minimum absolute atomic E-state index is 0.0479. The summed E-state index contributed by atoms with van der Waals surface area (Å²) in [6.07, 6.45) is 0.0479. The average Bonchev–Trinajstić information content (AvgIpc) is 2.60. The van der Waals surface area contributed by atoms with Crippen molar-refractivity contribution >= 4 is 52.4 Å². The molecule has 2 aromatic rings. The largest absolute Gasteiger partial charge is 0.469 e. The van der Waals surface area contributed by atoms with Crippen molar-refractivity contribution in [3.05, 3.63) is 51.0 Å². The number of carbonyl (C=O) groups is 2. The Labute approximate surface area is 172 Å². The molecule has 0 atom stereocenters. The minimum Gasteiger partial charge on any atom is -0.469 e. The maximum Gasteiger partial charge on any atom is 0.309 e. The molecule has 0 bridgehead atoms. The number of ether oxygens (including phenoxy) is 2. The Bertz CT molecular complexity index is 845. The minimum atomic E-state index is -0.401. The van der Waals surface area contributed by atoms with Crippen molar-refractivity contribution in [3.63, 3.8) is 0 Å². The lowest BCUT2D eigenvalue weighted by molar-refractivity contribution is -0.139. The number of hydrogen-bond acceptors (Lipinski definition) is 4. The van der Waals surface area contributed by atoms with Crippen LogP contribution in [0.5, 0.6) is 11.5 Å². The third-order valence-electron chi connectivity index (χ3n) is 3.58. The van der Waals surface area contributed by atoms with Gasteiger partial charge in [0.05, 0.1) is 34.3 Å². The van der Waals surface area contributed by atoms with Gasteiger partial charge in [0.2, 0.25) is 5.91 Å². The van der Waals surface area contributed by atoms with Crippen LogP contribution in [-0.4, -0.2) is 19.0 Å². The van der Waals surface area contributed by atoms with E-state index in [0.717, 1.165) is 0 Å². The zero-order valence-corrected chi connectivity index (χ0v) is 17.2. The van der Waals surface area contributed by atoms with Gasteiger partial charge in [-0.1, -0.05) is 48.7 Å². The highest BCUT2D eigenvalue weighted by atomic mass is 35.5. The van der Waals surface area contributed by atoms with Crippen molar-refractivity contribution in [2.75, 3.05) is 12.4 Å². The predicted octanol–water partition coefficient (Wildman–Crippen LogP) is 5.75. The summed E-state index contributed by atoms with van der Waals surface area (Å²) in [5, 5.41) is 3.54. The zero-order valence-electron chi connectivity index (χ0n) is 14.9. The summed E-state index contributed by atoms with van der Waals surface area (Å²) in [6, 6.07) is 7.98. The molecule has 0 unspecified atom stereocenters. The van der Waals surface area contributed by atoms with Crippen LogP contribution in [0, 0.1) is 5.92 Å². The molecular formula is C19H18Cl3NO4. The van der Waals surface area contributed by atoms with Gasteiger partial charge in [-0.25, -0.2) is 0 Å². The first kappa shape index (κ1) is 21.4. The van der Waals surface area contributed by atoms with Crippen LogP contribution in [0.2, 0.25) is 15.1 Å². The lowest BCUT2D eigenvalue weighted by atomic mass is 10.1. The van der Waals surface area contributed by atoms with Crippen molar-refractivity contribution in [1.29, 1.82) is 0 Å². The first-order chi connectivity index (χ1) is 12.7. The highest BCUT2D eigenvalue weighted by Gasteiger charge is 2.15. The monoisotopic (exact) mass is 429 g/mol. The predicted molar refractivity (Wildman–Crippen MR) is 107 cm³/mol. The van der Waals surface area contributed by atoms with Crippen LogP contribution in [0.3, 0.4) is 0 Å². The van der Waals surface area contributed by atoms with E-state index in [-0.39, 0.29) is 34.0 Å². The van der Waals surface area contributed by atoms with Gasteiger partial charge in [-0.15, -0.1) is 0 Å². The molecule has 8 heteroatoms. The molecule has 5 nitrogen and oxygen atoms in total. The molecule has 0 aromatic heterocycles. The Morgan fingerprint density at radius 3 is 2.19 bits per heavy atom. The van der Waals surface area contributed by atoms with E-state index in [2.05, 4.69) is 10.1 Å². The Balaban J connectivity index is 2.20. The van der Waals surface area contributed by atoms with Crippen LogP contribution >= 0.6 is 34.8 Å². The van der Waals surface area contributed by atoms with Crippen molar-refractivity contribution in [2.24, 2.45) is 5.92 Å². The molecule has 2 rings (SSSR count). The van der Waals surface area contributed by atoms with Gasteiger partial charge in [0.15, 0.2) is 5.75 Å². The normalized spacial score (nSPS) is 10.6. The summed E-state index contributed by atoms with van der Waals surface area (Å²) >= 11 is 18.7. The second-order valence-electron chi connectivity index (χ2n) is 6.03. The number of nitrogens with one attached hydrogen (secondary N) is 1. The number of esters is 1. The van der Waals surface area contributed by atoms with Crippen molar-refractivity contribution < 1.29 is 19.1 Å². The Kier molecular flexibility index (Phi) is 7.36. The van der Waals surface area contributed by atoms with E-state index in [1.807, 2.05) is 0 Å². The quantitative estimate of drug-likeness (QED) is 0.593. The van der Waals surface area contributed by atoms with Crippen LogP contribution in [0.25, 0.3) is 0 Å². The smallest absolute Gasteiger partial charge is 0.309 e. The van der Waals surface area contributed by atoms with Gasteiger partial charge in [0, 0.05) is 12.0 Å². The number of rotatable bonds is 6. The van der Waals surface area contributed by atoms with E-state index in [4.69, 9.17) is 39.5 Å². The van der Waals surface area contributed by atoms with Gasteiger partial charge in [-0.3, -0.25) is 9.59 Å². The molecule has 0 aliphatic carbocycles. The summed E-state index contributed by atoms with van der Waals surface area (Å²) in [4.78, 5) is 23.2. The first-order valence-corrected chi connectivity index (χ1v) is 9.17. The Morgan fingerprint density at radius 1 is 1.04 bits per heavy atom. The number of amides is 1. The third-order valence-corrected chi connectivity index (χ3v) is 4.45. The van der Waals surface area contributed by atoms with Gasteiger partial charge < -0.3 is 14.8 Å². The molecule has 1 amide bonds. The fourth-order valence-electron chi connectivity index (χ4n) is 2.11. The molecule has 0 radical (unpaired) electrons. The van der Waals surface area contributed by atoms with Gasteiger partial charge in [-0.2, -0.15) is 0 Å². The molecule has 1 N–H and O–H groups in total. The summed E-state index contributed by atoms with van der Waals surface area (Å²) in [5.41, 5.74) is 1.09. The van der Waals surface area contributed by atoms with E-state index < -0.39 is 5.97 Å².